The minimum atomic E-state index is -0.192. The van der Waals surface area contributed by atoms with Crippen molar-refractivity contribution in [3.8, 4) is 0 Å². The molecule has 0 amide bonds. The molecule has 5 heteroatoms. The van der Waals surface area contributed by atoms with E-state index in [1.165, 1.54) is 0 Å². The van der Waals surface area contributed by atoms with Gasteiger partial charge in [-0.25, -0.2) is 0 Å². The topological polar surface area (TPSA) is 71.1 Å². The summed E-state index contributed by atoms with van der Waals surface area (Å²) < 4.78 is 10.8. The Morgan fingerprint density at radius 3 is 2.75 bits per heavy atom. The molecule has 0 radical (unpaired) electrons. The molecule has 0 aromatic carbocycles. The molecule has 1 aliphatic rings. The highest BCUT2D eigenvalue weighted by Gasteiger charge is 2.26. The summed E-state index contributed by atoms with van der Waals surface area (Å²) in [5, 5.41) is 3.86. The zero-order chi connectivity index (χ0) is 11.4. The molecule has 1 saturated heterocycles. The van der Waals surface area contributed by atoms with E-state index in [1.807, 2.05) is 19.1 Å². The molecule has 0 spiro atoms. The highest BCUT2D eigenvalue weighted by molar-refractivity contribution is 5.11. The van der Waals surface area contributed by atoms with Gasteiger partial charge in [0.15, 0.2) is 0 Å². The molecule has 1 unspecified atom stereocenters. The van der Waals surface area contributed by atoms with E-state index in [0.717, 1.165) is 37.6 Å². The molecule has 1 fully saturated rings. The molecule has 1 aliphatic heterocycles. The van der Waals surface area contributed by atoms with Crippen molar-refractivity contribution < 1.29 is 9.15 Å². The Hall–Kier alpha value is -1.45. The summed E-state index contributed by atoms with van der Waals surface area (Å²) in [6.45, 7) is 3.37. The smallest absolute Gasteiger partial charge is 0.113 e. The van der Waals surface area contributed by atoms with Gasteiger partial charge in [-0.15, -0.1) is 0 Å². The number of hydrogen-bond acceptors (Lipinski definition) is 3. The van der Waals surface area contributed by atoms with Crippen molar-refractivity contribution in [2.45, 2.75) is 25.8 Å². The lowest BCUT2D eigenvalue weighted by atomic mass is 9.91. The minimum Gasteiger partial charge on any atom is -0.466 e. The molecule has 5 nitrogen and oxygen atoms in total. The van der Waals surface area contributed by atoms with Gasteiger partial charge in [0.2, 0.25) is 0 Å². The van der Waals surface area contributed by atoms with Gasteiger partial charge < -0.3 is 9.15 Å². The molecule has 0 bridgehead atoms. The zero-order valence-electron chi connectivity index (χ0n) is 9.30. The molecular weight excluding hydrogens is 206 g/mol. The predicted molar refractivity (Wildman–Crippen MR) is 58.9 cm³/mol. The van der Waals surface area contributed by atoms with E-state index in [1.54, 1.807) is 0 Å². The van der Waals surface area contributed by atoms with Gasteiger partial charge in [-0.1, -0.05) is 5.11 Å². The Morgan fingerprint density at radius 1 is 1.44 bits per heavy atom. The fraction of sp³-hybridized carbons (Fsp3) is 0.636. The molecule has 1 atom stereocenters. The SMILES string of the molecule is Cc1ccc(C(N=[N+]=[N-])C2CCOCC2)o1. The Balaban J connectivity index is 2.18. The van der Waals surface area contributed by atoms with Crippen LogP contribution in [-0.4, -0.2) is 13.2 Å². The lowest BCUT2D eigenvalue weighted by Crippen LogP contribution is -2.20. The average Bonchev–Trinajstić information content (AvgIpc) is 2.74. The van der Waals surface area contributed by atoms with Crippen LogP contribution in [-0.2, 0) is 4.74 Å². The van der Waals surface area contributed by atoms with Crippen LogP contribution in [0.5, 0.6) is 0 Å². The fourth-order valence-corrected chi connectivity index (χ4v) is 2.08. The van der Waals surface area contributed by atoms with E-state index in [-0.39, 0.29) is 6.04 Å². The van der Waals surface area contributed by atoms with Gasteiger partial charge in [0.05, 0.1) is 6.04 Å². The second kappa shape index (κ2) is 5.05. The molecule has 0 aliphatic carbocycles. The van der Waals surface area contributed by atoms with Crippen LogP contribution in [0.25, 0.3) is 10.4 Å². The summed E-state index contributed by atoms with van der Waals surface area (Å²) in [5.74, 6) is 1.94. The van der Waals surface area contributed by atoms with Crippen molar-refractivity contribution in [2.75, 3.05) is 13.2 Å². The van der Waals surface area contributed by atoms with Crippen LogP contribution >= 0.6 is 0 Å². The van der Waals surface area contributed by atoms with E-state index in [2.05, 4.69) is 10.0 Å². The van der Waals surface area contributed by atoms with Crippen molar-refractivity contribution in [3.05, 3.63) is 34.1 Å². The van der Waals surface area contributed by atoms with Gasteiger partial charge in [-0.3, -0.25) is 0 Å². The minimum absolute atomic E-state index is 0.192. The zero-order valence-corrected chi connectivity index (χ0v) is 9.30. The standard InChI is InChI=1S/C11H15N3O2/c1-8-2-3-10(16-8)11(13-14-12)9-4-6-15-7-5-9/h2-3,9,11H,4-7H2,1H3. The van der Waals surface area contributed by atoms with Crippen LogP contribution in [0, 0.1) is 12.8 Å². The summed E-state index contributed by atoms with van der Waals surface area (Å²) in [7, 11) is 0. The summed E-state index contributed by atoms with van der Waals surface area (Å²) >= 11 is 0. The summed E-state index contributed by atoms with van der Waals surface area (Å²) in [6.07, 6.45) is 1.84. The van der Waals surface area contributed by atoms with E-state index >= 15 is 0 Å². The number of azide groups is 1. The lowest BCUT2D eigenvalue weighted by molar-refractivity contribution is 0.0560. The Bertz CT molecular complexity index is 390. The molecule has 1 aromatic rings. The van der Waals surface area contributed by atoms with E-state index in [0.29, 0.717) is 5.92 Å². The van der Waals surface area contributed by atoms with Gasteiger partial charge in [-0.2, -0.15) is 0 Å². The first-order chi connectivity index (χ1) is 7.81. The summed E-state index contributed by atoms with van der Waals surface area (Å²) in [6, 6.07) is 3.60. The third-order valence-corrected chi connectivity index (χ3v) is 2.94. The number of nitrogens with zero attached hydrogens (tertiary/aromatic N) is 3. The Kier molecular flexibility index (Phi) is 3.49. The average molecular weight is 221 g/mol. The molecule has 16 heavy (non-hydrogen) atoms. The quantitative estimate of drug-likeness (QED) is 0.446. The molecule has 1 aromatic heterocycles. The normalized spacial score (nSPS) is 19.1. The van der Waals surface area contributed by atoms with Crippen LogP contribution in [0.15, 0.2) is 21.7 Å². The molecule has 0 N–H and O–H groups in total. The third kappa shape index (κ3) is 2.38. The maximum Gasteiger partial charge on any atom is 0.113 e. The molecule has 2 heterocycles. The molecule has 86 valence electrons. The monoisotopic (exact) mass is 221 g/mol. The van der Waals surface area contributed by atoms with Crippen LogP contribution < -0.4 is 0 Å². The highest BCUT2D eigenvalue weighted by atomic mass is 16.5. The number of rotatable bonds is 3. The second-order valence-corrected chi connectivity index (χ2v) is 4.05. The maximum atomic E-state index is 8.62. The van der Waals surface area contributed by atoms with Crippen molar-refractivity contribution >= 4 is 0 Å². The number of furan rings is 1. The van der Waals surface area contributed by atoms with Gasteiger partial charge in [0.1, 0.15) is 11.5 Å². The molecule has 2 rings (SSSR count). The van der Waals surface area contributed by atoms with Crippen molar-refractivity contribution in [3.63, 3.8) is 0 Å². The predicted octanol–water partition coefficient (Wildman–Crippen LogP) is 3.37. The fourth-order valence-electron chi connectivity index (χ4n) is 2.08. The van der Waals surface area contributed by atoms with Gasteiger partial charge >= 0.3 is 0 Å². The first kappa shape index (κ1) is 11.0. The first-order valence-corrected chi connectivity index (χ1v) is 5.49. The molecular formula is C11H15N3O2. The summed E-state index contributed by atoms with van der Waals surface area (Å²) in [4.78, 5) is 2.92. The van der Waals surface area contributed by atoms with Gasteiger partial charge in [0, 0.05) is 18.1 Å². The number of ether oxygens (including phenoxy) is 1. The third-order valence-electron chi connectivity index (χ3n) is 2.94. The maximum absolute atomic E-state index is 8.62. The largest absolute Gasteiger partial charge is 0.466 e. The first-order valence-electron chi connectivity index (χ1n) is 5.49. The van der Waals surface area contributed by atoms with E-state index < -0.39 is 0 Å². The van der Waals surface area contributed by atoms with Crippen molar-refractivity contribution in [1.29, 1.82) is 0 Å². The van der Waals surface area contributed by atoms with Gasteiger partial charge in [-0.05, 0) is 43.3 Å². The van der Waals surface area contributed by atoms with Gasteiger partial charge in [0.25, 0.3) is 0 Å². The lowest BCUT2D eigenvalue weighted by Gasteiger charge is -2.25. The van der Waals surface area contributed by atoms with Crippen LogP contribution in [0.2, 0.25) is 0 Å². The van der Waals surface area contributed by atoms with E-state index in [9.17, 15) is 0 Å². The van der Waals surface area contributed by atoms with E-state index in [4.69, 9.17) is 14.7 Å². The summed E-state index contributed by atoms with van der Waals surface area (Å²) in [5.41, 5.74) is 8.62. The highest BCUT2D eigenvalue weighted by Crippen LogP contribution is 2.34. The molecule has 0 saturated carbocycles. The number of hydrogen-bond donors (Lipinski definition) is 0. The van der Waals surface area contributed by atoms with Crippen LogP contribution in [0.3, 0.4) is 0 Å². The Morgan fingerprint density at radius 2 is 2.19 bits per heavy atom. The second-order valence-electron chi connectivity index (χ2n) is 4.05. The van der Waals surface area contributed by atoms with Crippen LogP contribution in [0.1, 0.15) is 30.4 Å². The number of aryl methyl sites for hydroxylation is 1. The van der Waals surface area contributed by atoms with Crippen molar-refractivity contribution in [1.82, 2.24) is 0 Å². The Labute approximate surface area is 94.0 Å². The van der Waals surface area contributed by atoms with Crippen LogP contribution in [0.4, 0.5) is 0 Å². The van der Waals surface area contributed by atoms with Crippen molar-refractivity contribution in [2.24, 2.45) is 11.0 Å².